The van der Waals surface area contributed by atoms with E-state index in [1.807, 2.05) is 20.8 Å². The molecule has 0 rings (SSSR count). The molecule has 140 valence electrons. The van der Waals surface area contributed by atoms with Gasteiger partial charge in [-0.2, -0.15) is 0 Å². The second-order valence-electron chi connectivity index (χ2n) is 7.45. The molecule has 24 heavy (non-hydrogen) atoms. The second kappa shape index (κ2) is 13.0. The number of carbonyl (C=O) groups is 2. The highest BCUT2D eigenvalue weighted by atomic mass is 16.6. The zero-order valence-corrected chi connectivity index (χ0v) is 16.2. The van der Waals surface area contributed by atoms with E-state index in [1.54, 1.807) is 6.08 Å². The van der Waals surface area contributed by atoms with Crippen LogP contribution in [0.5, 0.6) is 0 Å². The van der Waals surface area contributed by atoms with E-state index in [0.717, 1.165) is 19.3 Å². The number of rotatable bonds is 13. The Bertz CT molecular complexity index is 372. The third-order valence-corrected chi connectivity index (χ3v) is 3.78. The molecule has 1 N–H and O–H groups in total. The number of nitrogens with one attached hydrogen (secondary N) is 1. The fourth-order valence-corrected chi connectivity index (χ4v) is 2.48. The summed E-state index contributed by atoms with van der Waals surface area (Å²) in [4.78, 5) is 23.8. The molecule has 0 aromatic heterocycles. The Balaban J connectivity index is 4.34. The van der Waals surface area contributed by atoms with Gasteiger partial charge in [0.1, 0.15) is 11.4 Å². The van der Waals surface area contributed by atoms with E-state index in [0.29, 0.717) is 19.3 Å². The smallest absolute Gasteiger partial charge is 0.407 e. The van der Waals surface area contributed by atoms with Crippen LogP contribution in [0.1, 0.15) is 91.9 Å². The van der Waals surface area contributed by atoms with Crippen LogP contribution in [0.4, 0.5) is 4.79 Å². The summed E-state index contributed by atoms with van der Waals surface area (Å²) in [6.07, 6.45) is 10.7. The molecule has 0 fully saturated rings. The SMILES string of the molecule is C=CCCC(=O)CC[C@@H](CCCCCCC)NC(=O)OC(C)(C)C. The van der Waals surface area contributed by atoms with E-state index in [-0.39, 0.29) is 17.9 Å². The number of ketones is 1. The van der Waals surface area contributed by atoms with Gasteiger partial charge in [-0.15, -0.1) is 6.58 Å². The molecule has 0 aromatic carbocycles. The quantitative estimate of drug-likeness (QED) is 0.353. The van der Waals surface area contributed by atoms with Crippen LogP contribution >= 0.6 is 0 Å². The Labute approximate surface area is 148 Å². The highest BCUT2D eigenvalue weighted by Crippen LogP contribution is 2.14. The van der Waals surface area contributed by atoms with Gasteiger partial charge in [-0.05, 0) is 40.0 Å². The first-order valence-corrected chi connectivity index (χ1v) is 9.40. The first kappa shape index (κ1) is 22.7. The maximum atomic E-state index is 12.0. The normalized spacial score (nSPS) is 12.5. The molecule has 0 bridgehead atoms. The summed E-state index contributed by atoms with van der Waals surface area (Å²) < 4.78 is 5.34. The number of amides is 1. The largest absolute Gasteiger partial charge is 0.444 e. The summed E-state index contributed by atoms with van der Waals surface area (Å²) in [6, 6.07) is 0.00848. The second-order valence-corrected chi connectivity index (χ2v) is 7.45. The molecular weight excluding hydrogens is 302 g/mol. The number of unbranched alkanes of at least 4 members (excludes halogenated alkanes) is 4. The molecular formula is C20H37NO3. The summed E-state index contributed by atoms with van der Waals surface area (Å²) in [5, 5.41) is 2.94. The molecule has 0 spiro atoms. The van der Waals surface area contributed by atoms with Gasteiger partial charge in [-0.3, -0.25) is 4.79 Å². The van der Waals surface area contributed by atoms with Crippen molar-refractivity contribution in [3.63, 3.8) is 0 Å². The predicted molar refractivity (Wildman–Crippen MR) is 100 cm³/mol. The molecule has 0 aliphatic rings. The first-order chi connectivity index (χ1) is 11.3. The molecule has 1 amide bonds. The highest BCUT2D eigenvalue weighted by molar-refractivity contribution is 5.78. The average molecular weight is 340 g/mol. The minimum absolute atomic E-state index is 0.00848. The lowest BCUT2D eigenvalue weighted by Crippen LogP contribution is -2.39. The minimum atomic E-state index is -0.504. The van der Waals surface area contributed by atoms with E-state index in [9.17, 15) is 9.59 Å². The number of allylic oxidation sites excluding steroid dienone is 1. The van der Waals surface area contributed by atoms with Gasteiger partial charge >= 0.3 is 6.09 Å². The Morgan fingerprint density at radius 3 is 2.33 bits per heavy atom. The molecule has 0 unspecified atom stereocenters. The van der Waals surface area contributed by atoms with Crippen LogP contribution in [0.2, 0.25) is 0 Å². The summed E-state index contributed by atoms with van der Waals surface area (Å²) in [7, 11) is 0. The van der Waals surface area contributed by atoms with Crippen molar-refractivity contribution in [1.82, 2.24) is 5.32 Å². The Morgan fingerprint density at radius 2 is 1.75 bits per heavy atom. The van der Waals surface area contributed by atoms with Crippen molar-refractivity contribution in [3.8, 4) is 0 Å². The van der Waals surface area contributed by atoms with Crippen LogP contribution in [-0.2, 0) is 9.53 Å². The lowest BCUT2D eigenvalue weighted by atomic mass is 10.00. The molecule has 4 heteroatoms. The maximum Gasteiger partial charge on any atom is 0.407 e. The van der Waals surface area contributed by atoms with Gasteiger partial charge < -0.3 is 10.1 Å². The molecule has 0 radical (unpaired) electrons. The van der Waals surface area contributed by atoms with Crippen molar-refractivity contribution in [2.45, 2.75) is 104 Å². The number of alkyl carbamates (subject to hydrolysis) is 1. The van der Waals surface area contributed by atoms with Gasteiger partial charge in [0.15, 0.2) is 0 Å². The van der Waals surface area contributed by atoms with Gasteiger partial charge in [-0.25, -0.2) is 4.79 Å². The Hall–Kier alpha value is -1.32. The van der Waals surface area contributed by atoms with Gasteiger partial charge in [0.05, 0.1) is 0 Å². The molecule has 0 aliphatic heterocycles. The van der Waals surface area contributed by atoms with Crippen molar-refractivity contribution in [1.29, 1.82) is 0 Å². The number of hydrogen-bond acceptors (Lipinski definition) is 3. The van der Waals surface area contributed by atoms with Gasteiger partial charge in [0, 0.05) is 18.9 Å². The molecule has 0 heterocycles. The fourth-order valence-electron chi connectivity index (χ4n) is 2.48. The summed E-state index contributed by atoms with van der Waals surface area (Å²) >= 11 is 0. The number of ether oxygens (including phenoxy) is 1. The van der Waals surface area contributed by atoms with E-state index in [1.165, 1.54) is 25.7 Å². The minimum Gasteiger partial charge on any atom is -0.444 e. The first-order valence-electron chi connectivity index (χ1n) is 9.40. The van der Waals surface area contributed by atoms with Crippen LogP contribution in [-0.4, -0.2) is 23.5 Å². The molecule has 0 aromatic rings. The van der Waals surface area contributed by atoms with E-state index in [2.05, 4.69) is 18.8 Å². The molecule has 0 saturated carbocycles. The Morgan fingerprint density at radius 1 is 1.08 bits per heavy atom. The van der Waals surface area contributed by atoms with Crippen molar-refractivity contribution >= 4 is 11.9 Å². The summed E-state index contributed by atoms with van der Waals surface area (Å²) in [5.41, 5.74) is -0.504. The molecule has 0 saturated heterocycles. The molecule has 4 nitrogen and oxygen atoms in total. The number of Topliss-reactive ketones (excluding diaryl/α,β-unsaturated/α-hetero) is 1. The van der Waals surface area contributed by atoms with Crippen molar-refractivity contribution in [2.24, 2.45) is 0 Å². The Kier molecular flexibility index (Phi) is 12.3. The topological polar surface area (TPSA) is 55.4 Å². The highest BCUT2D eigenvalue weighted by Gasteiger charge is 2.19. The zero-order chi connectivity index (χ0) is 18.4. The van der Waals surface area contributed by atoms with Crippen LogP contribution in [0, 0.1) is 0 Å². The van der Waals surface area contributed by atoms with E-state index in [4.69, 9.17) is 4.74 Å². The van der Waals surface area contributed by atoms with Crippen molar-refractivity contribution in [2.75, 3.05) is 0 Å². The lowest BCUT2D eigenvalue weighted by Gasteiger charge is -2.23. The average Bonchev–Trinajstić information content (AvgIpc) is 2.48. The number of hydrogen-bond donors (Lipinski definition) is 1. The summed E-state index contributed by atoms with van der Waals surface area (Å²) in [6.45, 7) is 11.4. The van der Waals surface area contributed by atoms with E-state index < -0.39 is 5.60 Å². The monoisotopic (exact) mass is 339 g/mol. The van der Waals surface area contributed by atoms with Crippen LogP contribution < -0.4 is 5.32 Å². The van der Waals surface area contributed by atoms with Gasteiger partial charge in [0.25, 0.3) is 0 Å². The number of carbonyl (C=O) groups excluding carboxylic acids is 2. The lowest BCUT2D eigenvalue weighted by molar-refractivity contribution is -0.119. The van der Waals surface area contributed by atoms with E-state index >= 15 is 0 Å². The van der Waals surface area contributed by atoms with Gasteiger partial charge in [-0.1, -0.05) is 45.1 Å². The summed E-state index contributed by atoms with van der Waals surface area (Å²) in [5.74, 6) is 0.233. The van der Waals surface area contributed by atoms with Crippen LogP contribution in [0.25, 0.3) is 0 Å². The third-order valence-electron chi connectivity index (χ3n) is 3.78. The standard InChI is InChI=1S/C20H37NO3/c1-6-8-10-11-12-13-17(15-16-18(22)14-9-7-2)21-19(23)24-20(3,4)5/h7,17H,2,6,8-16H2,1,3-5H3,(H,21,23)/t17-/m1/s1. The fraction of sp³-hybridized carbons (Fsp3) is 0.800. The van der Waals surface area contributed by atoms with Crippen molar-refractivity contribution in [3.05, 3.63) is 12.7 Å². The molecule has 0 aliphatic carbocycles. The van der Waals surface area contributed by atoms with Crippen LogP contribution in [0.15, 0.2) is 12.7 Å². The zero-order valence-electron chi connectivity index (χ0n) is 16.2. The molecule has 1 atom stereocenters. The third kappa shape index (κ3) is 14.3. The van der Waals surface area contributed by atoms with Crippen molar-refractivity contribution < 1.29 is 14.3 Å². The van der Waals surface area contributed by atoms with Gasteiger partial charge in [0.2, 0.25) is 0 Å². The maximum absolute atomic E-state index is 12.0. The predicted octanol–water partition coefficient (Wildman–Crippen LogP) is 5.56. The van der Waals surface area contributed by atoms with Crippen LogP contribution in [0.3, 0.4) is 0 Å².